The van der Waals surface area contributed by atoms with Crippen LogP contribution < -0.4 is 5.32 Å². The standard InChI is InChI=1S/C11H12ClNO5S/c1-18-9(14)5-2-6(11(16)17)13-10(15)7-3-4-8(12)19-7/h3-4,6H,2,5H2,1H3,(H,13,15)(H,16,17)/t6-/m0/s1. The summed E-state index contributed by atoms with van der Waals surface area (Å²) in [5, 5.41) is 11.3. The van der Waals surface area contributed by atoms with Gasteiger partial charge in [0.25, 0.3) is 5.91 Å². The molecule has 0 spiro atoms. The monoisotopic (exact) mass is 305 g/mol. The summed E-state index contributed by atoms with van der Waals surface area (Å²) in [5.74, 6) is -2.27. The van der Waals surface area contributed by atoms with E-state index in [0.29, 0.717) is 9.21 Å². The number of ether oxygens (including phenoxy) is 1. The maximum Gasteiger partial charge on any atom is 0.326 e. The number of rotatable bonds is 6. The maximum atomic E-state index is 11.7. The van der Waals surface area contributed by atoms with E-state index in [9.17, 15) is 14.4 Å². The molecule has 0 unspecified atom stereocenters. The Morgan fingerprint density at radius 2 is 2.16 bits per heavy atom. The van der Waals surface area contributed by atoms with Gasteiger partial charge in [0.1, 0.15) is 6.04 Å². The number of nitrogens with one attached hydrogen (secondary N) is 1. The fourth-order valence-corrected chi connectivity index (χ4v) is 2.23. The van der Waals surface area contributed by atoms with Crippen LogP contribution in [0, 0.1) is 0 Å². The molecule has 1 heterocycles. The van der Waals surface area contributed by atoms with Crippen LogP contribution >= 0.6 is 22.9 Å². The first-order chi connectivity index (χ1) is 8.93. The minimum atomic E-state index is -1.21. The molecule has 1 atom stereocenters. The first kappa shape index (κ1) is 15.5. The summed E-state index contributed by atoms with van der Waals surface area (Å²) in [7, 11) is 1.21. The Hall–Kier alpha value is -1.60. The Morgan fingerprint density at radius 1 is 1.47 bits per heavy atom. The molecular formula is C11H12ClNO5S. The van der Waals surface area contributed by atoms with Gasteiger partial charge in [-0.3, -0.25) is 9.59 Å². The van der Waals surface area contributed by atoms with E-state index < -0.39 is 23.9 Å². The lowest BCUT2D eigenvalue weighted by Crippen LogP contribution is -2.40. The largest absolute Gasteiger partial charge is 0.480 e. The number of esters is 1. The number of carboxylic acids is 1. The van der Waals surface area contributed by atoms with Gasteiger partial charge >= 0.3 is 11.9 Å². The second-order valence-electron chi connectivity index (χ2n) is 3.58. The van der Waals surface area contributed by atoms with Crippen molar-refractivity contribution in [2.75, 3.05) is 7.11 Å². The molecule has 19 heavy (non-hydrogen) atoms. The molecule has 0 saturated heterocycles. The average molecular weight is 306 g/mol. The van der Waals surface area contributed by atoms with Gasteiger partial charge in [0.15, 0.2) is 0 Å². The predicted molar refractivity (Wildman–Crippen MR) is 69.5 cm³/mol. The van der Waals surface area contributed by atoms with Crippen LogP contribution in [0.25, 0.3) is 0 Å². The minimum Gasteiger partial charge on any atom is -0.480 e. The van der Waals surface area contributed by atoms with Gasteiger partial charge in [0.2, 0.25) is 0 Å². The first-order valence-electron chi connectivity index (χ1n) is 5.30. The highest BCUT2D eigenvalue weighted by Crippen LogP contribution is 2.21. The molecule has 0 radical (unpaired) electrons. The number of carboxylic acid groups (broad SMARTS) is 1. The molecule has 104 valence electrons. The van der Waals surface area contributed by atoms with E-state index in [1.165, 1.54) is 13.2 Å². The van der Waals surface area contributed by atoms with Gasteiger partial charge in [0, 0.05) is 6.42 Å². The van der Waals surface area contributed by atoms with Crippen LogP contribution in [0.2, 0.25) is 4.34 Å². The minimum absolute atomic E-state index is 0.0349. The Labute approximate surface area is 118 Å². The van der Waals surface area contributed by atoms with Crippen molar-refractivity contribution in [3.8, 4) is 0 Å². The Bertz CT molecular complexity index is 487. The highest BCUT2D eigenvalue weighted by Gasteiger charge is 2.22. The van der Waals surface area contributed by atoms with Gasteiger partial charge in [-0.25, -0.2) is 4.79 Å². The molecule has 1 aromatic rings. The van der Waals surface area contributed by atoms with E-state index in [1.54, 1.807) is 6.07 Å². The van der Waals surface area contributed by atoms with Gasteiger partial charge in [-0.1, -0.05) is 11.6 Å². The van der Waals surface area contributed by atoms with Crippen molar-refractivity contribution in [2.45, 2.75) is 18.9 Å². The molecular weight excluding hydrogens is 294 g/mol. The molecule has 6 nitrogen and oxygen atoms in total. The number of hydrogen-bond donors (Lipinski definition) is 2. The van der Waals surface area contributed by atoms with Gasteiger partial charge in [-0.2, -0.15) is 0 Å². The molecule has 0 fully saturated rings. The summed E-state index contributed by atoms with van der Waals surface area (Å²) >= 11 is 6.73. The SMILES string of the molecule is COC(=O)CC[C@H](NC(=O)c1ccc(Cl)s1)C(=O)O. The van der Waals surface area contributed by atoms with Crippen molar-refractivity contribution in [1.82, 2.24) is 5.32 Å². The van der Waals surface area contributed by atoms with E-state index >= 15 is 0 Å². The fourth-order valence-electron chi connectivity index (χ4n) is 1.29. The Kier molecular flexibility index (Phi) is 5.78. The third kappa shape index (κ3) is 4.88. The number of methoxy groups -OCH3 is 1. The zero-order valence-electron chi connectivity index (χ0n) is 10.0. The van der Waals surface area contributed by atoms with Crippen molar-refractivity contribution in [1.29, 1.82) is 0 Å². The van der Waals surface area contributed by atoms with E-state index in [1.807, 2.05) is 0 Å². The number of amides is 1. The van der Waals surface area contributed by atoms with E-state index in [0.717, 1.165) is 11.3 Å². The molecule has 0 aliphatic rings. The summed E-state index contributed by atoms with van der Waals surface area (Å²) in [6.45, 7) is 0. The Morgan fingerprint density at radius 3 is 2.63 bits per heavy atom. The van der Waals surface area contributed by atoms with Crippen molar-refractivity contribution < 1.29 is 24.2 Å². The number of carbonyl (C=O) groups excluding carboxylic acids is 2. The maximum absolute atomic E-state index is 11.7. The molecule has 2 N–H and O–H groups in total. The van der Waals surface area contributed by atoms with Crippen molar-refractivity contribution in [3.63, 3.8) is 0 Å². The highest BCUT2D eigenvalue weighted by molar-refractivity contribution is 7.18. The van der Waals surface area contributed by atoms with Crippen LogP contribution in [0.4, 0.5) is 0 Å². The molecule has 0 bridgehead atoms. The average Bonchev–Trinajstić information content (AvgIpc) is 2.80. The predicted octanol–water partition coefficient (Wildman–Crippen LogP) is 1.54. The lowest BCUT2D eigenvalue weighted by molar-refractivity contribution is -0.142. The lowest BCUT2D eigenvalue weighted by atomic mass is 10.1. The quantitative estimate of drug-likeness (QED) is 0.778. The summed E-state index contributed by atoms with van der Waals surface area (Å²) in [5.41, 5.74) is 0. The third-order valence-electron chi connectivity index (χ3n) is 2.27. The molecule has 1 amide bonds. The van der Waals surface area contributed by atoms with Crippen LogP contribution in [0.3, 0.4) is 0 Å². The van der Waals surface area contributed by atoms with Crippen LogP contribution in [-0.4, -0.2) is 36.1 Å². The normalized spacial score (nSPS) is 11.7. The van der Waals surface area contributed by atoms with Crippen molar-refractivity contribution >= 4 is 40.8 Å². The van der Waals surface area contributed by atoms with Gasteiger partial charge in [-0.05, 0) is 18.6 Å². The smallest absolute Gasteiger partial charge is 0.326 e. The number of thiophene rings is 1. The van der Waals surface area contributed by atoms with Crippen molar-refractivity contribution in [2.24, 2.45) is 0 Å². The van der Waals surface area contributed by atoms with E-state index in [-0.39, 0.29) is 12.8 Å². The lowest BCUT2D eigenvalue weighted by Gasteiger charge is -2.13. The van der Waals surface area contributed by atoms with Gasteiger partial charge in [0.05, 0.1) is 16.3 Å². The number of aliphatic carboxylic acids is 1. The van der Waals surface area contributed by atoms with Gasteiger partial charge in [-0.15, -0.1) is 11.3 Å². The zero-order valence-corrected chi connectivity index (χ0v) is 11.6. The number of hydrogen-bond acceptors (Lipinski definition) is 5. The van der Waals surface area contributed by atoms with Crippen LogP contribution in [0.15, 0.2) is 12.1 Å². The molecule has 0 aliphatic heterocycles. The second kappa shape index (κ2) is 7.10. The molecule has 0 aliphatic carbocycles. The fraction of sp³-hybridized carbons (Fsp3) is 0.364. The van der Waals surface area contributed by atoms with E-state index in [2.05, 4.69) is 10.1 Å². The number of halogens is 1. The van der Waals surface area contributed by atoms with Gasteiger partial charge < -0.3 is 15.2 Å². The highest BCUT2D eigenvalue weighted by atomic mass is 35.5. The van der Waals surface area contributed by atoms with Crippen molar-refractivity contribution in [3.05, 3.63) is 21.3 Å². The Balaban J connectivity index is 2.61. The molecule has 0 aromatic carbocycles. The molecule has 8 heteroatoms. The molecule has 1 rings (SSSR count). The van der Waals surface area contributed by atoms with Crippen LogP contribution in [0.1, 0.15) is 22.5 Å². The summed E-state index contributed by atoms with van der Waals surface area (Å²) in [6, 6.07) is 1.90. The molecule has 0 saturated carbocycles. The number of carbonyl (C=O) groups is 3. The zero-order chi connectivity index (χ0) is 14.4. The first-order valence-corrected chi connectivity index (χ1v) is 6.49. The molecule has 1 aromatic heterocycles. The topological polar surface area (TPSA) is 92.7 Å². The second-order valence-corrected chi connectivity index (χ2v) is 5.30. The summed E-state index contributed by atoms with van der Waals surface area (Å²) in [6.07, 6.45) is -0.119. The summed E-state index contributed by atoms with van der Waals surface area (Å²) < 4.78 is 4.85. The van der Waals surface area contributed by atoms with Crippen LogP contribution in [-0.2, 0) is 14.3 Å². The summed E-state index contributed by atoms with van der Waals surface area (Å²) in [4.78, 5) is 34.0. The third-order valence-corrected chi connectivity index (χ3v) is 3.50. The van der Waals surface area contributed by atoms with Crippen LogP contribution in [0.5, 0.6) is 0 Å². The van der Waals surface area contributed by atoms with E-state index in [4.69, 9.17) is 16.7 Å².